The molecule has 0 aliphatic carbocycles. The van der Waals surface area contributed by atoms with Crippen molar-refractivity contribution in [1.82, 2.24) is 0 Å². The lowest BCUT2D eigenvalue weighted by Gasteiger charge is -2.43. The van der Waals surface area contributed by atoms with Gasteiger partial charge in [0.2, 0.25) is 0 Å². The zero-order chi connectivity index (χ0) is 9.95. The molecule has 2 N–H and O–H groups in total. The molecule has 1 rings (SSSR count). The molecule has 0 aromatic rings. The molecule has 0 aromatic carbocycles. The van der Waals surface area contributed by atoms with E-state index in [0.717, 1.165) is 25.9 Å². The fraction of sp³-hybridized carbons (Fsp3) is 1.00. The summed E-state index contributed by atoms with van der Waals surface area (Å²) in [5, 5.41) is 0. The van der Waals surface area contributed by atoms with E-state index in [1.165, 1.54) is 0 Å². The Balaban J connectivity index is 2.64. The number of rotatable bonds is 3. The third kappa shape index (κ3) is 2.66. The van der Waals surface area contributed by atoms with Gasteiger partial charge in [-0.1, -0.05) is 0 Å². The Bertz CT molecular complexity index is 166. The lowest BCUT2D eigenvalue weighted by Crippen LogP contribution is -2.48. The van der Waals surface area contributed by atoms with Crippen molar-refractivity contribution < 1.29 is 9.47 Å². The zero-order valence-corrected chi connectivity index (χ0v) is 8.93. The summed E-state index contributed by atoms with van der Waals surface area (Å²) in [7, 11) is 1.77. The average Bonchev–Trinajstić information content (AvgIpc) is 2.03. The van der Waals surface area contributed by atoms with E-state index in [-0.39, 0.29) is 11.2 Å². The van der Waals surface area contributed by atoms with Crippen LogP contribution in [0, 0.1) is 0 Å². The number of ether oxygens (including phenoxy) is 2. The first kappa shape index (κ1) is 11.0. The van der Waals surface area contributed by atoms with Gasteiger partial charge in [-0.3, -0.25) is 0 Å². The highest BCUT2D eigenvalue weighted by Gasteiger charge is 2.40. The third-order valence-corrected chi connectivity index (χ3v) is 2.83. The van der Waals surface area contributed by atoms with Crippen LogP contribution in [0.3, 0.4) is 0 Å². The maximum absolute atomic E-state index is 5.65. The number of methoxy groups -OCH3 is 1. The van der Waals surface area contributed by atoms with Crippen molar-refractivity contribution in [2.24, 2.45) is 5.73 Å². The van der Waals surface area contributed by atoms with Gasteiger partial charge in [-0.05, 0) is 33.2 Å². The Labute approximate surface area is 80.6 Å². The van der Waals surface area contributed by atoms with Gasteiger partial charge in [-0.2, -0.15) is 0 Å². The molecule has 13 heavy (non-hydrogen) atoms. The summed E-state index contributed by atoms with van der Waals surface area (Å²) in [6.07, 6.45) is 2.83. The van der Waals surface area contributed by atoms with E-state index in [1.807, 2.05) is 0 Å². The second-order valence-corrected chi connectivity index (χ2v) is 4.46. The van der Waals surface area contributed by atoms with Crippen molar-refractivity contribution in [3.05, 3.63) is 0 Å². The molecule has 1 heterocycles. The van der Waals surface area contributed by atoms with Crippen molar-refractivity contribution >= 4 is 0 Å². The van der Waals surface area contributed by atoms with Gasteiger partial charge in [0.1, 0.15) is 0 Å². The van der Waals surface area contributed by atoms with Gasteiger partial charge in [-0.15, -0.1) is 0 Å². The normalized spacial score (nSPS) is 33.2. The fourth-order valence-electron chi connectivity index (χ4n) is 2.18. The van der Waals surface area contributed by atoms with E-state index < -0.39 is 0 Å². The minimum atomic E-state index is -0.0660. The Kier molecular flexibility index (Phi) is 3.33. The third-order valence-electron chi connectivity index (χ3n) is 2.83. The van der Waals surface area contributed by atoms with Crippen molar-refractivity contribution in [2.45, 2.75) is 44.3 Å². The van der Waals surface area contributed by atoms with Gasteiger partial charge in [0.05, 0.1) is 17.8 Å². The molecular weight excluding hydrogens is 166 g/mol. The van der Waals surface area contributed by atoms with Gasteiger partial charge < -0.3 is 15.2 Å². The summed E-state index contributed by atoms with van der Waals surface area (Å²) in [5.74, 6) is 0. The number of nitrogens with two attached hydrogens (primary N) is 1. The molecule has 3 heteroatoms. The Morgan fingerprint density at radius 1 is 1.46 bits per heavy atom. The molecule has 0 bridgehead atoms. The quantitative estimate of drug-likeness (QED) is 0.724. The van der Waals surface area contributed by atoms with Gasteiger partial charge in [0.15, 0.2) is 0 Å². The van der Waals surface area contributed by atoms with Crippen LogP contribution in [0.1, 0.15) is 33.1 Å². The second-order valence-electron chi connectivity index (χ2n) is 4.46. The van der Waals surface area contributed by atoms with E-state index in [9.17, 15) is 0 Å². The average molecular weight is 187 g/mol. The molecule has 1 aliphatic rings. The molecule has 1 unspecified atom stereocenters. The van der Waals surface area contributed by atoms with Crippen LogP contribution in [-0.2, 0) is 9.47 Å². The smallest absolute Gasteiger partial charge is 0.0739 e. The molecule has 1 saturated heterocycles. The SMILES string of the molecule is COC1(CCN)CCOC(C)(C)C1. The molecule has 3 nitrogen and oxygen atoms in total. The molecule has 0 amide bonds. The van der Waals surface area contributed by atoms with Crippen LogP contribution in [0.4, 0.5) is 0 Å². The van der Waals surface area contributed by atoms with Crippen LogP contribution < -0.4 is 5.73 Å². The summed E-state index contributed by atoms with van der Waals surface area (Å²) >= 11 is 0. The van der Waals surface area contributed by atoms with Crippen molar-refractivity contribution in [3.8, 4) is 0 Å². The van der Waals surface area contributed by atoms with E-state index in [4.69, 9.17) is 15.2 Å². The summed E-state index contributed by atoms with van der Waals surface area (Å²) in [5.41, 5.74) is 5.48. The van der Waals surface area contributed by atoms with Gasteiger partial charge >= 0.3 is 0 Å². The molecule has 1 aliphatic heterocycles. The summed E-state index contributed by atoms with van der Waals surface area (Å²) in [6.45, 7) is 5.68. The maximum atomic E-state index is 5.65. The maximum Gasteiger partial charge on any atom is 0.0739 e. The zero-order valence-electron chi connectivity index (χ0n) is 8.93. The minimum Gasteiger partial charge on any atom is -0.378 e. The topological polar surface area (TPSA) is 44.5 Å². The van der Waals surface area contributed by atoms with Crippen molar-refractivity contribution in [1.29, 1.82) is 0 Å². The van der Waals surface area contributed by atoms with Gasteiger partial charge in [0.25, 0.3) is 0 Å². The molecular formula is C10H21NO2. The molecule has 0 aromatic heterocycles. The van der Waals surface area contributed by atoms with Crippen molar-refractivity contribution in [3.63, 3.8) is 0 Å². The summed E-state index contributed by atoms with van der Waals surface area (Å²) in [6, 6.07) is 0. The monoisotopic (exact) mass is 187 g/mol. The van der Waals surface area contributed by atoms with E-state index in [2.05, 4.69) is 13.8 Å². The van der Waals surface area contributed by atoms with Crippen LogP contribution in [-0.4, -0.2) is 31.5 Å². The highest BCUT2D eigenvalue weighted by Crippen LogP contribution is 2.36. The van der Waals surface area contributed by atoms with Crippen LogP contribution in [0.15, 0.2) is 0 Å². The Morgan fingerprint density at radius 3 is 2.62 bits per heavy atom. The molecule has 1 atom stereocenters. The first-order valence-electron chi connectivity index (χ1n) is 4.93. The van der Waals surface area contributed by atoms with E-state index >= 15 is 0 Å². The van der Waals surface area contributed by atoms with Gasteiger partial charge in [0, 0.05) is 13.5 Å². The predicted molar refractivity (Wildman–Crippen MR) is 52.7 cm³/mol. The Hall–Kier alpha value is -0.120. The van der Waals surface area contributed by atoms with Crippen LogP contribution >= 0.6 is 0 Å². The first-order chi connectivity index (χ1) is 6.04. The fourth-order valence-corrected chi connectivity index (χ4v) is 2.18. The van der Waals surface area contributed by atoms with E-state index in [0.29, 0.717) is 6.54 Å². The minimum absolute atomic E-state index is 0.0451. The summed E-state index contributed by atoms with van der Waals surface area (Å²) in [4.78, 5) is 0. The molecule has 0 saturated carbocycles. The van der Waals surface area contributed by atoms with Crippen molar-refractivity contribution in [2.75, 3.05) is 20.3 Å². The number of hydrogen-bond donors (Lipinski definition) is 1. The van der Waals surface area contributed by atoms with E-state index in [1.54, 1.807) is 7.11 Å². The standard InChI is InChI=1S/C10H21NO2/c1-9(2)8-10(12-3,4-6-11)5-7-13-9/h4-8,11H2,1-3H3. The molecule has 0 spiro atoms. The summed E-state index contributed by atoms with van der Waals surface area (Å²) < 4.78 is 11.2. The lowest BCUT2D eigenvalue weighted by atomic mass is 9.82. The second kappa shape index (κ2) is 3.95. The largest absolute Gasteiger partial charge is 0.378 e. The van der Waals surface area contributed by atoms with Gasteiger partial charge in [-0.25, -0.2) is 0 Å². The highest BCUT2D eigenvalue weighted by atomic mass is 16.5. The molecule has 1 fully saturated rings. The molecule has 0 radical (unpaired) electrons. The first-order valence-corrected chi connectivity index (χ1v) is 4.93. The lowest BCUT2D eigenvalue weighted by molar-refractivity contribution is -0.159. The highest BCUT2D eigenvalue weighted by molar-refractivity contribution is 4.91. The molecule has 78 valence electrons. The van der Waals surface area contributed by atoms with Crippen LogP contribution in [0.2, 0.25) is 0 Å². The Morgan fingerprint density at radius 2 is 2.15 bits per heavy atom. The van der Waals surface area contributed by atoms with Crippen LogP contribution in [0.25, 0.3) is 0 Å². The number of hydrogen-bond acceptors (Lipinski definition) is 3. The predicted octanol–water partition coefficient (Wildman–Crippen LogP) is 1.31. The van der Waals surface area contributed by atoms with Crippen LogP contribution in [0.5, 0.6) is 0 Å².